The Hall–Kier alpha value is -3.18. The van der Waals surface area contributed by atoms with Crippen LogP contribution in [0.25, 0.3) is 10.2 Å². The molecule has 0 aliphatic rings. The minimum absolute atomic E-state index is 0.307. The van der Waals surface area contributed by atoms with Crippen LogP contribution in [0.2, 0.25) is 0 Å². The van der Waals surface area contributed by atoms with E-state index in [0.29, 0.717) is 21.9 Å². The minimum atomic E-state index is -0.307. The van der Waals surface area contributed by atoms with Crippen molar-refractivity contribution in [2.24, 2.45) is 4.99 Å². The van der Waals surface area contributed by atoms with Crippen LogP contribution >= 0.6 is 11.3 Å². The van der Waals surface area contributed by atoms with Crippen LogP contribution in [0.4, 0.5) is 0 Å². The number of aromatic nitrogens is 1. The molecular formula is C24H22N2O2S. The van der Waals surface area contributed by atoms with Crippen molar-refractivity contribution in [2.45, 2.75) is 27.3 Å². The maximum Gasteiger partial charge on any atom is 0.283 e. The predicted molar refractivity (Wildman–Crippen MR) is 118 cm³/mol. The van der Waals surface area contributed by atoms with Gasteiger partial charge in [-0.2, -0.15) is 4.99 Å². The van der Waals surface area contributed by atoms with E-state index >= 15 is 0 Å². The number of para-hydroxylation sites is 2. The molecule has 5 heteroatoms. The van der Waals surface area contributed by atoms with Crippen molar-refractivity contribution in [2.75, 3.05) is 0 Å². The van der Waals surface area contributed by atoms with Crippen LogP contribution in [0, 0.1) is 13.8 Å². The summed E-state index contributed by atoms with van der Waals surface area (Å²) in [5.74, 6) is 0.881. The Morgan fingerprint density at radius 1 is 1.00 bits per heavy atom. The molecule has 4 rings (SSSR count). The van der Waals surface area contributed by atoms with Crippen molar-refractivity contribution in [1.29, 1.82) is 0 Å². The summed E-state index contributed by atoms with van der Waals surface area (Å²) in [6.45, 7) is 7.02. The van der Waals surface area contributed by atoms with E-state index in [2.05, 4.69) is 42.5 Å². The highest BCUT2D eigenvalue weighted by atomic mass is 32.1. The number of ether oxygens (including phenoxy) is 1. The van der Waals surface area contributed by atoms with Gasteiger partial charge in [0.05, 0.1) is 15.8 Å². The topological polar surface area (TPSA) is 43.6 Å². The molecule has 0 aliphatic heterocycles. The van der Waals surface area contributed by atoms with E-state index in [9.17, 15) is 4.79 Å². The highest BCUT2D eigenvalue weighted by Gasteiger charge is 2.14. The Morgan fingerprint density at radius 3 is 2.45 bits per heavy atom. The van der Waals surface area contributed by atoms with Crippen molar-refractivity contribution in [3.05, 3.63) is 88.2 Å². The molecule has 0 bridgehead atoms. The maximum absolute atomic E-state index is 13.1. The van der Waals surface area contributed by atoms with Crippen LogP contribution < -0.4 is 9.54 Å². The van der Waals surface area contributed by atoms with E-state index in [1.54, 1.807) is 12.1 Å². The van der Waals surface area contributed by atoms with Gasteiger partial charge in [0.25, 0.3) is 5.91 Å². The number of rotatable bonds is 4. The zero-order valence-electron chi connectivity index (χ0n) is 16.7. The molecule has 0 saturated carbocycles. The Labute approximate surface area is 173 Å². The molecule has 0 unspecified atom stereocenters. The van der Waals surface area contributed by atoms with Crippen LogP contribution in [0.15, 0.2) is 71.7 Å². The van der Waals surface area contributed by atoms with Crippen LogP contribution in [0.1, 0.15) is 28.4 Å². The summed E-state index contributed by atoms with van der Waals surface area (Å²) >= 11 is 1.54. The molecule has 0 N–H and O–H groups in total. The van der Waals surface area contributed by atoms with Gasteiger partial charge in [-0.3, -0.25) is 4.79 Å². The predicted octanol–water partition coefficient (Wildman–Crippen LogP) is 5.87. The molecule has 0 radical (unpaired) electrons. The number of hydrogen-bond donors (Lipinski definition) is 0. The van der Waals surface area contributed by atoms with Crippen molar-refractivity contribution in [1.82, 2.24) is 4.57 Å². The molecule has 3 aromatic carbocycles. The van der Waals surface area contributed by atoms with Crippen LogP contribution in [-0.2, 0) is 6.54 Å². The van der Waals surface area contributed by atoms with E-state index in [1.165, 1.54) is 22.5 Å². The molecule has 1 aromatic heterocycles. The fraction of sp³-hybridized carbons (Fsp3) is 0.167. The third-order valence-electron chi connectivity index (χ3n) is 4.90. The molecule has 0 saturated heterocycles. The van der Waals surface area contributed by atoms with E-state index in [0.717, 1.165) is 16.8 Å². The van der Waals surface area contributed by atoms with E-state index < -0.39 is 0 Å². The van der Waals surface area contributed by atoms with Crippen LogP contribution in [0.3, 0.4) is 0 Å². The Bertz CT molecular complexity index is 1250. The molecule has 1 heterocycles. The summed E-state index contributed by atoms with van der Waals surface area (Å²) in [6.07, 6.45) is 0. The standard InChI is InChI=1S/C24H22N2O2S/c1-4-26-20-14-16(2)17(3)15-22(20)29-24(26)25-23(27)19-12-8-9-13-21(19)28-18-10-6-5-7-11-18/h5-15H,4H2,1-3H3. The van der Waals surface area contributed by atoms with Gasteiger partial charge in [-0.05, 0) is 68.3 Å². The van der Waals surface area contributed by atoms with Crippen molar-refractivity contribution in [3.63, 3.8) is 0 Å². The van der Waals surface area contributed by atoms with Gasteiger partial charge in [0.15, 0.2) is 4.80 Å². The lowest BCUT2D eigenvalue weighted by Gasteiger charge is -2.08. The molecule has 0 atom stereocenters. The molecule has 0 fully saturated rings. The maximum atomic E-state index is 13.1. The second-order valence-corrected chi connectivity index (χ2v) is 7.87. The van der Waals surface area contributed by atoms with Crippen molar-refractivity contribution >= 4 is 27.5 Å². The first-order valence-corrected chi connectivity index (χ1v) is 10.4. The van der Waals surface area contributed by atoms with Gasteiger partial charge in [0.2, 0.25) is 0 Å². The fourth-order valence-corrected chi connectivity index (χ4v) is 4.38. The highest BCUT2D eigenvalue weighted by molar-refractivity contribution is 7.16. The number of amides is 1. The van der Waals surface area contributed by atoms with E-state index in [-0.39, 0.29) is 5.91 Å². The SMILES string of the molecule is CCn1c(=NC(=O)c2ccccc2Oc2ccccc2)sc2cc(C)c(C)cc21. The quantitative estimate of drug-likeness (QED) is 0.428. The van der Waals surface area contributed by atoms with Crippen molar-refractivity contribution in [3.8, 4) is 11.5 Å². The Morgan fingerprint density at radius 2 is 1.69 bits per heavy atom. The van der Waals surface area contributed by atoms with E-state index in [1.807, 2.05) is 42.5 Å². The lowest BCUT2D eigenvalue weighted by Crippen LogP contribution is -2.16. The van der Waals surface area contributed by atoms with Crippen LogP contribution in [0.5, 0.6) is 11.5 Å². The largest absolute Gasteiger partial charge is 0.457 e. The molecule has 0 aliphatic carbocycles. The molecular weight excluding hydrogens is 380 g/mol. The molecule has 29 heavy (non-hydrogen) atoms. The number of benzene rings is 3. The number of carbonyl (C=O) groups excluding carboxylic acids is 1. The summed E-state index contributed by atoms with van der Waals surface area (Å²) in [7, 11) is 0. The van der Waals surface area contributed by atoms with Gasteiger partial charge in [-0.15, -0.1) is 0 Å². The lowest BCUT2D eigenvalue weighted by molar-refractivity contribution is 0.0995. The van der Waals surface area contributed by atoms with Gasteiger partial charge in [0, 0.05) is 6.54 Å². The number of hydrogen-bond acceptors (Lipinski definition) is 3. The summed E-state index contributed by atoms with van der Waals surface area (Å²) in [6, 6.07) is 21.0. The third kappa shape index (κ3) is 3.87. The van der Waals surface area contributed by atoms with Gasteiger partial charge in [-0.25, -0.2) is 0 Å². The zero-order valence-corrected chi connectivity index (χ0v) is 17.5. The Balaban J connectivity index is 1.78. The second kappa shape index (κ2) is 8.05. The smallest absolute Gasteiger partial charge is 0.283 e. The summed E-state index contributed by atoms with van der Waals surface area (Å²) in [5.41, 5.74) is 4.03. The minimum Gasteiger partial charge on any atom is -0.457 e. The van der Waals surface area contributed by atoms with E-state index in [4.69, 9.17) is 4.74 Å². The molecule has 4 nitrogen and oxygen atoms in total. The van der Waals surface area contributed by atoms with Gasteiger partial charge >= 0.3 is 0 Å². The lowest BCUT2D eigenvalue weighted by atomic mass is 10.1. The van der Waals surface area contributed by atoms with Gasteiger partial charge < -0.3 is 9.30 Å². The third-order valence-corrected chi connectivity index (χ3v) is 5.94. The normalized spacial score (nSPS) is 11.8. The van der Waals surface area contributed by atoms with Crippen LogP contribution in [-0.4, -0.2) is 10.5 Å². The first-order valence-electron chi connectivity index (χ1n) is 9.58. The number of thiazole rings is 1. The number of aryl methyl sites for hydroxylation is 3. The average molecular weight is 403 g/mol. The Kier molecular flexibility index (Phi) is 5.32. The number of carbonyl (C=O) groups is 1. The first-order chi connectivity index (χ1) is 14.1. The first kappa shape index (κ1) is 19.2. The molecule has 0 spiro atoms. The molecule has 1 amide bonds. The monoisotopic (exact) mass is 402 g/mol. The summed E-state index contributed by atoms with van der Waals surface area (Å²) in [4.78, 5) is 18.2. The average Bonchev–Trinajstić information content (AvgIpc) is 3.05. The van der Waals surface area contributed by atoms with Gasteiger partial charge in [0.1, 0.15) is 11.5 Å². The zero-order chi connectivity index (χ0) is 20.4. The number of fused-ring (bicyclic) bond motifs is 1. The molecule has 146 valence electrons. The second-order valence-electron chi connectivity index (χ2n) is 6.86. The summed E-state index contributed by atoms with van der Waals surface area (Å²) in [5, 5.41) is 0. The van der Waals surface area contributed by atoms with Crippen molar-refractivity contribution < 1.29 is 9.53 Å². The van der Waals surface area contributed by atoms with Gasteiger partial charge in [-0.1, -0.05) is 41.7 Å². The number of nitrogens with zero attached hydrogens (tertiary/aromatic N) is 2. The fourth-order valence-electron chi connectivity index (χ4n) is 3.21. The molecule has 4 aromatic rings. The summed E-state index contributed by atoms with van der Waals surface area (Å²) < 4.78 is 9.15. The highest BCUT2D eigenvalue weighted by Crippen LogP contribution is 2.26.